The molecule has 1 amide bonds. The second kappa shape index (κ2) is 3.27. The third-order valence-corrected chi connectivity index (χ3v) is 1.71. The highest BCUT2D eigenvalue weighted by atomic mass is 16.2. The van der Waals surface area contributed by atoms with Crippen LogP contribution in [-0.4, -0.2) is 23.9 Å². The number of carbonyl (C=O) groups is 1. The fraction of sp³-hybridized carbons (Fsp3) is 0.571. The number of nitrogens with two attached hydrogens (primary N) is 2. The zero-order valence-corrected chi connectivity index (χ0v) is 6.42. The van der Waals surface area contributed by atoms with Crippen molar-refractivity contribution in [3.05, 3.63) is 11.9 Å². The Bertz CT molecular complexity index is 178. The molecule has 1 rings (SSSR count). The van der Waals surface area contributed by atoms with Gasteiger partial charge in [-0.15, -0.1) is 0 Å². The first-order valence-electron chi connectivity index (χ1n) is 3.71. The maximum atomic E-state index is 11.1. The number of rotatable bonds is 1. The quantitative estimate of drug-likeness (QED) is 0.495. The maximum absolute atomic E-state index is 11.1. The van der Waals surface area contributed by atoms with E-state index >= 15 is 0 Å². The van der Waals surface area contributed by atoms with E-state index in [2.05, 4.69) is 0 Å². The van der Waals surface area contributed by atoms with E-state index in [0.29, 0.717) is 0 Å². The van der Waals surface area contributed by atoms with Crippen molar-refractivity contribution in [2.75, 3.05) is 13.1 Å². The van der Waals surface area contributed by atoms with Gasteiger partial charge in [-0.2, -0.15) is 0 Å². The molecule has 0 aromatic heterocycles. The van der Waals surface area contributed by atoms with E-state index in [1.807, 2.05) is 0 Å². The van der Waals surface area contributed by atoms with Crippen molar-refractivity contribution in [1.29, 1.82) is 0 Å². The summed E-state index contributed by atoms with van der Waals surface area (Å²) in [4.78, 5) is 12.9. The molecule has 1 saturated heterocycles. The number of nitrogens with zero attached hydrogens (tertiary/aromatic N) is 1. The summed E-state index contributed by atoms with van der Waals surface area (Å²) < 4.78 is 0. The van der Waals surface area contributed by atoms with Gasteiger partial charge in [-0.05, 0) is 12.8 Å². The highest BCUT2D eigenvalue weighted by molar-refractivity contribution is 5.88. The Balaban J connectivity index is 2.47. The van der Waals surface area contributed by atoms with E-state index in [-0.39, 0.29) is 11.7 Å². The lowest BCUT2D eigenvalue weighted by Gasteiger charge is -2.11. The predicted molar refractivity (Wildman–Crippen MR) is 42.3 cm³/mol. The van der Waals surface area contributed by atoms with Crippen molar-refractivity contribution in [2.24, 2.45) is 11.5 Å². The first-order chi connectivity index (χ1) is 5.20. The zero-order valence-electron chi connectivity index (χ0n) is 6.42. The Morgan fingerprint density at radius 2 is 1.82 bits per heavy atom. The van der Waals surface area contributed by atoms with E-state index in [4.69, 9.17) is 11.5 Å². The van der Waals surface area contributed by atoms with Crippen LogP contribution in [0.1, 0.15) is 12.8 Å². The third-order valence-electron chi connectivity index (χ3n) is 1.71. The van der Waals surface area contributed by atoms with E-state index in [9.17, 15) is 4.79 Å². The number of carbonyl (C=O) groups excluding carboxylic acids is 1. The molecule has 4 nitrogen and oxygen atoms in total. The zero-order chi connectivity index (χ0) is 8.27. The third kappa shape index (κ3) is 2.14. The standard InChI is InChI=1S/C7H13N3O/c8-6(9)5-7(11)10-3-1-2-4-10/h5H,1-4,8-9H2. The van der Waals surface area contributed by atoms with Gasteiger partial charge < -0.3 is 16.4 Å². The highest BCUT2D eigenvalue weighted by Gasteiger charge is 2.15. The normalized spacial score (nSPS) is 16.5. The fourth-order valence-electron chi connectivity index (χ4n) is 1.17. The topological polar surface area (TPSA) is 72.3 Å². The number of hydrogen-bond donors (Lipinski definition) is 2. The van der Waals surface area contributed by atoms with Crippen LogP contribution in [0, 0.1) is 0 Å². The molecule has 0 aliphatic carbocycles. The lowest BCUT2D eigenvalue weighted by Crippen LogP contribution is -2.27. The minimum atomic E-state index is -0.0671. The van der Waals surface area contributed by atoms with Crippen LogP contribution in [0.3, 0.4) is 0 Å². The van der Waals surface area contributed by atoms with Crippen LogP contribution in [0.4, 0.5) is 0 Å². The van der Waals surface area contributed by atoms with Crippen LogP contribution in [0.2, 0.25) is 0 Å². The largest absolute Gasteiger partial charge is 0.386 e. The van der Waals surface area contributed by atoms with Crippen LogP contribution in [0.15, 0.2) is 11.9 Å². The molecule has 0 saturated carbocycles. The average molecular weight is 155 g/mol. The first kappa shape index (κ1) is 7.91. The molecule has 0 atom stereocenters. The number of hydrogen-bond acceptors (Lipinski definition) is 3. The maximum Gasteiger partial charge on any atom is 0.250 e. The van der Waals surface area contributed by atoms with Gasteiger partial charge in [0.15, 0.2) is 0 Å². The Morgan fingerprint density at radius 1 is 1.27 bits per heavy atom. The molecule has 1 aliphatic rings. The SMILES string of the molecule is NC(N)=CC(=O)N1CCCC1. The Morgan fingerprint density at radius 3 is 2.27 bits per heavy atom. The molecule has 0 aromatic rings. The van der Waals surface area contributed by atoms with Gasteiger partial charge in [-0.1, -0.05) is 0 Å². The second-order valence-electron chi connectivity index (χ2n) is 2.68. The van der Waals surface area contributed by atoms with Crippen LogP contribution >= 0.6 is 0 Å². The van der Waals surface area contributed by atoms with Crippen molar-refractivity contribution in [1.82, 2.24) is 4.90 Å². The van der Waals surface area contributed by atoms with Crippen molar-refractivity contribution >= 4 is 5.91 Å². The van der Waals surface area contributed by atoms with Crippen molar-refractivity contribution in [3.63, 3.8) is 0 Å². The van der Waals surface area contributed by atoms with Gasteiger partial charge in [0, 0.05) is 19.2 Å². The van der Waals surface area contributed by atoms with Crippen LogP contribution in [0.25, 0.3) is 0 Å². The molecule has 62 valence electrons. The molecule has 0 unspecified atom stereocenters. The molecule has 0 radical (unpaired) electrons. The summed E-state index contributed by atoms with van der Waals surface area (Å²) in [6, 6.07) is 0. The lowest BCUT2D eigenvalue weighted by molar-refractivity contribution is -0.125. The van der Waals surface area contributed by atoms with Crippen molar-refractivity contribution in [2.45, 2.75) is 12.8 Å². The molecule has 1 aliphatic heterocycles. The van der Waals surface area contributed by atoms with Gasteiger partial charge in [0.1, 0.15) is 0 Å². The predicted octanol–water partition coefficient (Wildman–Crippen LogP) is -0.632. The summed E-state index contributed by atoms with van der Waals surface area (Å²) in [5.41, 5.74) is 10.3. The van der Waals surface area contributed by atoms with Gasteiger partial charge in [-0.3, -0.25) is 4.79 Å². The summed E-state index contributed by atoms with van der Waals surface area (Å²) in [5.74, 6) is 0.0180. The summed E-state index contributed by atoms with van der Waals surface area (Å²) in [6.07, 6.45) is 3.44. The Kier molecular flexibility index (Phi) is 2.36. The molecule has 4 heteroatoms. The molecule has 1 fully saturated rings. The van der Waals surface area contributed by atoms with E-state index in [1.165, 1.54) is 6.08 Å². The van der Waals surface area contributed by atoms with Gasteiger partial charge in [0.2, 0.25) is 5.91 Å². The van der Waals surface area contributed by atoms with Crippen LogP contribution in [0.5, 0.6) is 0 Å². The monoisotopic (exact) mass is 155 g/mol. The molecule has 0 bridgehead atoms. The van der Waals surface area contributed by atoms with Gasteiger partial charge in [0.05, 0.1) is 5.82 Å². The van der Waals surface area contributed by atoms with E-state index in [0.717, 1.165) is 25.9 Å². The van der Waals surface area contributed by atoms with Gasteiger partial charge >= 0.3 is 0 Å². The molecule has 1 heterocycles. The summed E-state index contributed by atoms with van der Waals surface area (Å²) in [5, 5.41) is 0. The minimum Gasteiger partial charge on any atom is -0.386 e. The summed E-state index contributed by atoms with van der Waals surface area (Å²) in [6.45, 7) is 1.67. The van der Waals surface area contributed by atoms with Crippen molar-refractivity contribution in [3.8, 4) is 0 Å². The molecule has 4 N–H and O–H groups in total. The number of amides is 1. The molecule has 0 spiro atoms. The Labute approximate surface area is 65.8 Å². The van der Waals surface area contributed by atoms with Crippen molar-refractivity contribution < 1.29 is 4.79 Å². The first-order valence-corrected chi connectivity index (χ1v) is 3.71. The number of likely N-dealkylation sites (tertiary alicyclic amines) is 1. The van der Waals surface area contributed by atoms with E-state index in [1.54, 1.807) is 4.90 Å². The average Bonchev–Trinajstić information content (AvgIpc) is 2.35. The smallest absolute Gasteiger partial charge is 0.250 e. The second-order valence-corrected chi connectivity index (χ2v) is 2.68. The fourth-order valence-corrected chi connectivity index (χ4v) is 1.17. The lowest BCUT2D eigenvalue weighted by atomic mass is 10.4. The molecular formula is C7H13N3O. The van der Waals surface area contributed by atoms with E-state index < -0.39 is 0 Å². The molecular weight excluding hydrogens is 142 g/mol. The molecule has 11 heavy (non-hydrogen) atoms. The summed E-state index contributed by atoms with van der Waals surface area (Å²) in [7, 11) is 0. The Hall–Kier alpha value is -1.19. The van der Waals surface area contributed by atoms with Gasteiger partial charge in [0.25, 0.3) is 0 Å². The van der Waals surface area contributed by atoms with Crippen LogP contribution in [-0.2, 0) is 4.79 Å². The summed E-state index contributed by atoms with van der Waals surface area (Å²) >= 11 is 0. The molecule has 0 aromatic carbocycles. The van der Waals surface area contributed by atoms with Crippen LogP contribution < -0.4 is 11.5 Å². The van der Waals surface area contributed by atoms with Gasteiger partial charge in [-0.25, -0.2) is 0 Å². The highest BCUT2D eigenvalue weighted by Crippen LogP contribution is 2.07. The minimum absolute atomic E-state index is 0.0671.